The van der Waals surface area contributed by atoms with Crippen molar-refractivity contribution in [3.63, 3.8) is 0 Å². The van der Waals surface area contributed by atoms with Crippen molar-refractivity contribution in [1.29, 1.82) is 5.26 Å². The molecule has 0 saturated heterocycles. The van der Waals surface area contributed by atoms with Crippen LogP contribution in [0, 0.1) is 24.5 Å². The van der Waals surface area contributed by atoms with Gasteiger partial charge in [-0.25, -0.2) is 9.67 Å². The zero-order chi connectivity index (χ0) is 14.1. The van der Waals surface area contributed by atoms with Gasteiger partial charge < -0.3 is 0 Å². The standard InChI is InChI=1S/C15H12N5/c1-3-20-15-13(9-19-20)14(12(5-16)8-18-15)11-4-10(2)6-17-7-11/h4,6-7,9H,3H2,1-2H3. The molecule has 20 heavy (non-hydrogen) atoms. The molecule has 3 rings (SSSR count). The van der Waals surface area contributed by atoms with Crippen molar-refractivity contribution in [1.82, 2.24) is 19.7 Å². The molecule has 0 amide bonds. The van der Waals surface area contributed by atoms with Crippen molar-refractivity contribution in [3.05, 3.63) is 42.0 Å². The Hall–Kier alpha value is -2.74. The Bertz CT molecular complexity index is 826. The van der Waals surface area contributed by atoms with Gasteiger partial charge in [-0.05, 0) is 25.5 Å². The molecule has 0 aliphatic carbocycles. The van der Waals surface area contributed by atoms with E-state index < -0.39 is 0 Å². The van der Waals surface area contributed by atoms with Gasteiger partial charge in [0.05, 0.1) is 11.8 Å². The molecule has 0 aromatic carbocycles. The van der Waals surface area contributed by atoms with Crippen LogP contribution in [0.5, 0.6) is 0 Å². The fourth-order valence-electron chi connectivity index (χ4n) is 2.28. The summed E-state index contributed by atoms with van der Waals surface area (Å²) in [5, 5.41) is 14.5. The molecule has 0 bridgehead atoms. The highest BCUT2D eigenvalue weighted by molar-refractivity contribution is 5.95. The van der Waals surface area contributed by atoms with E-state index in [9.17, 15) is 5.26 Å². The average molecular weight is 262 g/mol. The summed E-state index contributed by atoms with van der Waals surface area (Å²) >= 11 is 0. The summed E-state index contributed by atoms with van der Waals surface area (Å²) < 4.78 is 1.79. The number of hydrogen-bond donors (Lipinski definition) is 0. The molecule has 0 atom stereocenters. The number of aromatic nitrogens is 4. The molecule has 3 aromatic rings. The highest BCUT2D eigenvalue weighted by Crippen LogP contribution is 2.30. The van der Waals surface area contributed by atoms with Crippen molar-refractivity contribution in [2.75, 3.05) is 0 Å². The third-order valence-corrected chi connectivity index (χ3v) is 3.18. The fourth-order valence-corrected chi connectivity index (χ4v) is 2.28. The molecule has 97 valence electrons. The Balaban J connectivity index is 2.38. The van der Waals surface area contributed by atoms with Gasteiger partial charge in [0.15, 0.2) is 5.65 Å². The van der Waals surface area contributed by atoms with Crippen LogP contribution in [0.25, 0.3) is 22.2 Å². The molecule has 0 fully saturated rings. The third kappa shape index (κ3) is 1.82. The lowest BCUT2D eigenvalue weighted by Crippen LogP contribution is -1.98. The predicted octanol–water partition coefficient (Wildman–Crippen LogP) is 2.49. The Labute approximate surface area is 116 Å². The monoisotopic (exact) mass is 262 g/mol. The van der Waals surface area contributed by atoms with Gasteiger partial charge in [-0.3, -0.25) is 4.98 Å². The van der Waals surface area contributed by atoms with Gasteiger partial charge in [0.2, 0.25) is 0 Å². The van der Waals surface area contributed by atoms with Gasteiger partial charge in [0.25, 0.3) is 0 Å². The number of fused-ring (bicyclic) bond motifs is 1. The highest BCUT2D eigenvalue weighted by atomic mass is 15.3. The number of hydrogen-bond acceptors (Lipinski definition) is 4. The molecule has 1 radical (unpaired) electrons. The van der Waals surface area contributed by atoms with Crippen LogP contribution in [-0.2, 0) is 6.54 Å². The smallest absolute Gasteiger partial charge is 0.159 e. The second-order valence-corrected chi connectivity index (χ2v) is 4.53. The summed E-state index contributed by atoms with van der Waals surface area (Å²) in [5.41, 5.74) is 3.89. The predicted molar refractivity (Wildman–Crippen MR) is 74.7 cm³/mol. The minimum atomic E-state index is 0.417. The molecule has 0 aliphatic rings. The summed E-state index contributed by atoms with van der Waals surface area (Å²) in [6, 6.07) is 4.15. The lowest BCUT2D eigenvalue weighted by Gasteiger charge is -2.06. The Morgan fingerprint density at radius 1 is 1.35 bits per heavy atom. The first kappa shape index (κ1) is 12.3. The van der Waals surface area contributed by atoms with Crippen LogP contribution in [0.4, 0.5) is 0 Å². The quantitative estimate of drug-likeness (QED) is 0.711. The van der Waals surface area contributed by atoms with E-state index in [0.29, 0.717) is 5.56 Å². The van der Waals surface area contributed by atoms with Gasteiger partial charge >= 0.3 is 0 Å². The third-order valence-electron chi connectivity index (χ3n) is 3.18. The van der Waals surface area contributed by atoms with Crippen LogP contribution >= 0.6 is 0 Å². The number of nitrogens with zero attached hydrogens (tertiary/aromatic N) is 5. The largest absolute Gasteiger partial charge is 0.264 e. The number of rotatable bonds is 2. The number of pyridine rings is 2. The van der Waals surface area contributed by atoms with Crippen molar-refractivity contribution >= 4 is 11.0 Å². The van der Waals surface area contributed by atoms with Gasteiger partial charge in [-0.2, -0.15) is 10.4 Å². The van der Waals surface area contributed by atoms with E-state index in [1.165, 1.54) is 0 Å². The highest BCUT2D eigenvalue weighted by Gasteiger charge is 2.15. The average Bonchev–Trinajstić information content (AvgIpc) is 2.89. The Kier molecular flexibility index (Phi) is 2.92. The molecule has 0 unspecified atom stereocenters. The van der Waals surface area contributed by atoms with Crippen LogP contribution < -0.4 is 0 Å². The first-order valence-corrected chi connectivity index (χ1v) is 6.34. The maximum Gasteiger partial charge on any atom is 0.159 e. The molecule has 5 nitrogen and oxygen atoms in total. The van der Waals surface area contributed by atoms with Gasteiger partial charge in [0, 0.05) is 35.5 Å². The summed E-state index contributed by atoms with van der Waals surface area (Å²) in [7, 11) is 0. The Morgan fingerprint density at radius 2 is 2.20 bits per heavy atom. The van der Waals surface area contributed by atoms with Gasteiger partial charge in [-0.15, -0.1) is 0 Å². The first-order chi connectivity index (χ1) is 9.74. The van der Waals surface area contributed by atoms with Crippen LogP contribution in [-0.4, -0.2) is 19.7 Å². The van der Waals surface area contributed by atoms with Crippen LogP contribution in [0.15, 0.2) is 24.7 Å². The van der Waals surface area contributed by atoms with E-state index in [-0.39, 0.29) is 0 Å². The van der Waals surface area contributed by atoms with Crippen LogP contribution in [0.1, 0.15) is 18.1 Å². The zero-order valence-corrected chi connectivity index (χ0v) is 11.3. The van der Waals surface area contributed by atoms with E-state index in [1.54, 1.807) is 23.3 Å². The van der Waals surface area contributed by atoms with Crippen LogP contribution in [0.3, 0.4) is 0 Å². The van der Waals surface area contributed by atoms with Crippen molar-refractivity contribution < 1.29 is 0 Å². The molecular weight excluding hydrogens is 250 g/mol. The molecule has 0 saturated carbocycles. The number of nitriles is 1. The molecule has 0 N–H and O–H groups in total. The zero-order valence-electron chi connectivity index (χ0n) is 11.3. The van der Waals surface area contributed by atoms with Crippen molar-refractivity contribution in [3.8, 4) is 17.2 Å². The normalized spacial score (nSPS) is 10.7. The van der Waals surface area contributed by atoms with Crippen LogP contribution in [0.2, 0.25) is 0 Å². The summed E-state index contributed by atoms with van der Waals surface area (Å²) in [6.07, 6.45) is 8.09. The molecule has 5 heteroatoms. The molecule has 3 aromatic heterocycles. The van der Waals surface area contributed by atoms with Gasteiger partial charge in [0.1, 0.15) is 12.3 Å². The lowest BCUT2D eigenvalue weighted by atomic mass is 10.00. The Morgan fingerprint density at radius 3 is 2.90 bits per heavy atom. The van der Waals surface area contributed by atoms with E-state index in [4.69, 9.17) is 0 Å². The van der Waals surface area contributed by atoms with Crippen molar-refractivity contribution in [2.45, 2.75) is 20.4 Å². The van der Waals surface area contributed by atoms with Gasteiger partial charge in [-0.1, -0.05) is 0 Å². The lowest BCUT2D eigenvalue weighted by molar-refractivity contribution is 0.676. The minimum absolute atomic E-state index is 0.417. The topological polar surface area (TPSA) is 67.4 Å². The first-order valence-electron chi connectivity index (χ1n) is 6.34. The summed E-state index contributed by atoms with van der Waals surface area (Å²) in [4.78, 5) is 8.42. The molecule has 0 aliphatic heterocycles. The summed E-state index contributed by atoms with van der Waals surface area (Å²) in [6.45, 7) is 4.70. The van der Waals surface area contributed by atoms with E-state index in [1.807, 2.05) is 19.9 Å². The minimum Gasteiger partial charge on any atom is -0.264 e. The fraction of sp³-hybridized carbons (Fsp3) is 0.200. The maximum absolute atomic E-state index is 9.30. The maximum atomic E-state index is 9.30. The number of aryl methyl sites for hydroxylation is 2. The second kappa shape index (κ2) is 4.74. The van der Waals surface area contributed by atoms with E-state index >= 15 is 0 Å². The van der Waals surface area contributed by atoms with E-state index in [0.717, 1.165) is 34.3 Å². The van der Waals surface area contributed by atoms with E-state index in [2.05, 4.69) is 27.3 Å². The molecular formula is C15H12N5. The second-order valence-electron chi connectivity index (χ2n) is 4.53. The molecule has 3 heterocycles. The summed E-state index contributed by atoms with van der Waals surface area (Å²) in [5.74, 6) is 0. The SMILES string of the molecule is CCn1ncc2c(-c3cncc(C)c3)c(C#N)[c]nc21. The molecule has 0 spiro atoms. The van der Waals surface area contributed by atoms with Crippen molar-refractivity contribution in [2.24, 2.45) is 0 Å².